The van der Waals surface area contributed by atoms with Crippen molar-refractivity contribution >= 4 is 33.2 Å². The molecule has 4 nitrogen and oxygen atoms in total. The van der Waals surface area contributed by atoms with E-state index in [0.717, 1.165) is 38.2 Å². The minimum absolute atomic E-state index is 0.0131. The number of halogens is 2. The normalized spacial score (nSPS) is 16.2. The molecule has 110 valence electrons. The molecule has 3 N–H and O–H groups in total. The highest BCUT2D eigenvalue weighted by Gasteiger charge is 2.21. The lowest BCUT2D eigenvalue weighted by Gasteiger charge is -2.34. The first-order valence-electron chi connectivity index (χ1n) is 6.71. The van der Waals surface area contributed by atoms with Gasteiger partial charge in [0.1, 0.15) is 5.82 Å². The van der Waals surface area contributed by atoms with Crippen LogP contribution in [0.3, 0.4) is 0 Å². The van der Waals surface area contributed by atoms with Gasteiger partial charge in [-0.25, -0.2) is 4.39 Å². The molecule has 0 aliphatic carbocycles. The third-order valence-electron chi connectivity index (χ3n) is 3.66. The van der Waals surface area contributed by atoms with E-state index in [-0.39, 0.29) is 11.7 Å². The van der Waals surface area contributed by atoms with Crippen molar-refractivity contribution in [3.05, 3.63) is 22.4 Å². The van der Waals surface area contributed by atoms with Gasteiger partial charge in [0.15, 0.2) is 0 Å². The molecule has 0 bridgehead atoms. The Labute approximate surface area is 126 Å². The summed E-state index contributed by atoms with van der Waals surface area (Å²) in [6.07, 6.45) is 1.99. The van der Waals surface area contributed by atoms with Crippen LogP contribution in [0, 0.1) is 11.7 Å². The summed E-state index contributed by atoms with van der Waals surface area (Å²) in [5.74, 6) is 0.172. The number of nitrogen functional groups attached to an aromatic ring is 1. The van der Waals surface area contributed by atoms with Crippen LogP contribution < -0.4 is 16.0 Å². The van der Waals surface area contributed by atoms with Gasteiger partial charge in [0.2, 0.25) is 5.91 Å². The molecule has 6 heteroatoms. The van der Waals surface area contributed by atoms with Gasteiger partial charge in [-0.05, 0) is 40.8 Å². The number of rotatable bonds is 3. The molecule has 1 fully saturated rings. The number of carbonyl (C=O) groups is 1. The minimum atomic E-state index is -0.341. The largest absolute Gasteiger partial charge is 0.397 e. The van der Waals surface area contributed by atoms with E-state index in [0.29, 0.717) is 16.1 Å². The molecule has 1 heterocycles. The zero-order chi connectivity index (χ0) is 14.7. The van der Waals surface area contributed by atoms with Crippen molar-refractivity contribution < 1.29 is 9.18 Å². The summed E-state index contributed by atoms with van der Waals surface area (Å²) in [6.45, 7) is 4.00. The van der Waals surface area contributed by atoms with Gasteiger partial charge in [-0.1, -0.05) is 0 Å². The average Bonchev–Trinajstić information content (AvgIpc) is 2.41. The molecule has 1 aromatic carbocycles. The molecule has 1 aromatic rings. The van der Waals surface area contributed by atoms with Gasteiger partial charge in [-0.15, -0.1) is 0 Å². The molecule has 0 spiro atoms. The molecule has 0 atom stereocenters. The molecule has 0 radical (unpaired) electrons. The third-order valence-corrected chi connectivity index (χ3v) is 4.27. The van der Waals surface area contributed by atoms with Crippen LogP contribution in [0.5, 0.6) is 0 Å². The maximum Gasteiger partial charge on any atom is 0.216 e. The van der Waals surface area contributed by atoms with Crippen LogP contribution in [-0.2, 0) is 4.79 Å². The first-order valence-corrected chi connectivity index (χ1v) is 7.50. The van der Waals surface area contributed by atoms with Gasteiger partial charge in [0.05, 0.1) is 15.8 Å². The number of hydrogen-bond donors (Lipinski definition) is 2. The Balaban J connectivity index is 1.97. The number of benzene rings is 1. The second kappa shape index (κ2) is 6.43. The molecule has 2 rings (SSSR count). The molecule has 1 aliphatic heterocycles. The predicted octanol–water partition coefficient (Wildman–Crippen LogP) is 2.52. The van der Waals surface area contributed by atoms with Gasteiger partial charge in [-0.3, -0.25) is 4.79 Å². The zero-order valence-corrected chi connectivity index (χ0v) is 13.0. The first-order chi connectivity index (χ1) is 9.47. The number of piperidine rings is 1. The summed E-state index contributed by atoms with van der Waals surface area (Å²) >= 11 is 3.19. The van der Waals surface area contributed by atoms with E-state index in [2.05, 4.69) is 26.1 Å². The smallest absolute Gasteiger partial charge is 0.216 e. The van der Waals surface area contributed by atoms with Crippen molar-refractivity contribution in [3.8, 4) is 0 Å². The molecule has 1 aliphatic rings. The highest BCUT2D eigenvalue weighted by molar-refractivity contribution is 9.10. The lowest BCUT2D eigenvalue weighted by molar-refractivity contribution is -0.119. The molecule has 1 amide bonds. The molecular formula is C14H19BrFN3O. The summed E-state index contributed by atoms with van der Waals surface area (Å²) in [5, 5.41) is 2.86. The monoisotopic (exact) mass is 343 g/mol. The van der Waals surface area contributed by atoms with E-state index in [1.54, 1.807) is 6.07 Å². The zero-order valence-electron chi connectivity index (χ0n) is 11.5. The standard InChI is InChI=1S/C14H19BrFN3O/c1-9(20)18-8-10-2-4-19(5-3-10)14-6-11(15)12(16)7-13(14)17/h6-7,10H,2-5,8,17H2,1H3,(H,18,20). The fourth-order valence-electron chi connectivity index (χ4n) is 2.49. The average molecular weight is 344 g/mol. The topological polar surface area (TPSA) is 58.4 Å². The molecule has 0 aromatic heterocycles. The number of nitrogens with one attached hydrogen (secondary N) is 1. The van der Waals surface area contributed by atoms with Gasteiger partial charge < -0.3 is 16.0 Å². The Kier molecular flexibility index (Phi) is 4.86. The molecule has 0 unspecified atom stereocenters. The van der Waals surface area contributed by atoms with Gasteiger partial charge in [0, 0.05) is 32.6 Å². The van der Waals surface area contributed by atoms with Crippen LogP contribution >= 0.6 is 15.9 Å². The van der Waals surface area contributed by atoms with Crippen molar-refractivity contribution in [2.24, 2.45) is 5.92 Å². The number of hydrogen-bond acceptors (Lipinski definition) is 3. The van der Waals surface area contributed by atoms with Crippen molar-refractivity contribution in [1.82, 2.24) is 5.32 Å². The Morgan fingerprint density at radius 1 is 1.50 bits per heavy atom. The van der Waals surface area contributed by atoms with Gasteiger partial charge in [-0.2, -0.15) is 0 Å². The number of carbonyl (C=O) groups excluding carboxylic acids is 1. The number of anilines is 2. The molecule has 0 saturated carbocycles. The molecule has 1 saturated heterocycles. The molecule has 20 heavy (non-hydrogen) atoms. The summed E-state index contributed by atoms with van der Waals surface area (Å²) < 4.78 is 13.8. The SMILES string of the molecule is CC(=O)NCC1CCN(c2cc(Br)c(F)cc2N)CC1. The van der Waals surface area contributed by atoms with E-state index < -0.39 is 0 Å². The summed E-state index contributed by atoms with van der Waals surface area (Å²) in [6, 6.07) is 3.08. The number of nitrogens with zero attached hydrogens (tertiary/aromatic N) is 1. The van der Waals surface area contributed by atoms with E-state index in [4.69, 9.17) is 5.73 Å². The highest BCUT2D eigenvalue weighted by atomic mass is 79.9. The van der Waals surface area contributed by atoms with E-state index in [1.807, 2.05) is 0 Å². The van der Waals surface area contributed by atoms with Crippen molar-refractivity contribution in [3.63, 3.8) is 0 Å². The fraction of sp³-hybridized carbons (Fsp3) is 0.500. The fourth-order valence-corrected chi connectivity index (χ4v) is 2.82. The molecular weight excluding hydrogens is 325 g/mol. The van der Waals surface area contributed by atoms with Crippen LogP contribution in [-0.4, -0.2) is 25.5 Å². The van der Waals surface area contributed by atoms with Crippen molar-refractivity contribution in [2.75, 3.05) is 30.3 Å². The van der Waals surface area contributed by atoms with Crippen LogP contribution in [0.4, 0.5) is 15.8 Å². The second-order valence-electron chi connectivity index (χ2n) is 5.19. The van der Waals surface area contributed by atoms with Crippen molar-refractivity contribution in [1.29, 1.82) is 0 Å². The first kappa shape index (κ1) is 15.1. The Bertz CT molecular complexity index is 501. The van der Waals surface area contributed by atoms with Crippen LogP contribution in [0.1, 0.15) is 19.8 Å². The lowest BCUT2D eigenvalue weighted by atomic mass is 9.96. The minimum Gasteiger partial charge on any atom is -0.397 e. The number of amides is 1. The maximum atomic E-state index is 13.4. The van der Waals surface area contributed by atoms with E-state index in [1.165, 1.54) is 13.0 Å². The summed E-state index contributed by atoms with van der Waals surface area (Å²) in [4.78, 5) is 13.1. The lowest BCUT2D eigenvalue weighted by Crippen LogP contribution is -2.38. The van der Waals surface area contributed by atoms with E-state index in [9.17, 15) is 9.18 Å². The maximum absolute atomic E-state index is 13.4. The Morgan fingerprint density at radius 2 is 2.15 bits per heavy atom. The van der Waals surface area contributed by atoms with E-state index >= 15 is 0 Å². The Hall–Kier alpha value is -1.30. The van der Waals surface area contributed by atoms with Gasteiger partial charge in [0.25, 0.3) is 0 Å². The van der Waals surface area contributed by atoms with Gasteiger partial charge >= 0.3 is 0 Å². The summed E-state index contributed by atoms with van der Waals surface area (Å²) in [7, 11) is 0. The second-order valence-corrected chi connectivity index (χ2v) is 6.05. The highest BCUT2D eigenvalue weighted by Crippen LogP contribution is 2.32. The Morgan fingerprint density at radius 3 is 2.75 bits per heavy atom. The van der Waals surface area contributed by atoms with Crippen LogP contribution in [0.2, 0.25) is 0 Å². The number of nitrogens with two attached hydrogens (primary N) is 1. The predicted molar refractivity (Wildman–Crippen MR) is 82.1 cm³/mol. The van der Waals surface area contributed by atoms with Crippen LogP contribution in [0.15, 0.2) is 16.6 Å². The van der Waals surface area contributed by atoms with Crippen LogP contribution in [0.25, 0.3) is 0 Å². The quantitative estimate of drug-likeness (QED) is 0.829. The van der Waals surface area contributed by atoms with Crippen molar-refractivity contribution in [2.45, 2.75) is 19.8 Å². The third kappa shape index (κ3) is 3.62. The summed E-state index contributed by atoms with van der Waals surface area (Å²) in [5.41, 5.74) is 7.23.